The van der Waals surface area contributed by atoms with Crippen LogP contribution >= 0.6 is 12.2 Å². The molecule has 2 rings (SSSR count). The lowest BCUT2D eigenvalue weighted by atomic mass is 10.1. The summed E-state index contributed by atoms with van der Waals surface area (Å²) in [4.78, 5) is 0.196. The molecule has 0 saturated carbocycles. The Morgan fingerprint density at radius 2 is 1.89 bits per heavy atom. The first-order chi connectivity index (χ1) is 9.16. The van der Waals surface area contributed by atoms with Crippen LogP contribution in [0.3, 0.4) is 0 Å². The average Bonchev–Trinajstić information content (AvgIpc) is 2.41. The van der Waals surface area contributed by atoms with Crippen LogP contribution in [-0.4, -0.2) is 11.5 Å². The highest BCUT2D eigenvalue weighted by Gasteiger charge is 2.06. The first-order valence-electron chi connectivity index (χ1n) is 6.04. The van der Waals surface area contributed by atoms with E-state index in [4.69, 9.17) is 18.0 Å². The lowest BCUT2D eigenvalue weighted by Crippen LogP contribution is -2.15. The van der Waals surface area contributed by atoms with Gasteiger partial charge in [-0.05, 0) is 30.2 Å². The Labute approximate surface area is 117 Å². The van der Waals surface area contributed by atoms with Crippen LogP contribution in [0.5, 0.6) is 0 Å². The predicted molar refractivity (Wildman–Crippen MR) is 80.9 cm³/mol. The summed E-state index contributed by atoms with van der Waals surface area (Å²) < 4.78 is 13.2. The fourth-order valence-electron chi connectivity index (χ4n) is 1.86. The zero-order chi connectivity index (χ0) is 13.7. The van der Waals surface area contributed by atoms with E-state index in [2.05, 4.69) is 17.4 Å². The maximum atomic E-state index is 13.2. The summed E-state index contributed by atoms with van der Waals surface area (Å²) in [5, 5.41) is 3.24. The molecule has 0 aromatic heterocycles. The summed E-state index contributed by atoms with van der Waals surface area (Å²) in [6.07, 6.45) is 0.884. The van der Waals surface area contributed by atoms with E-state index < -0.39 is 0 Å². The van der Waals surface area contributed by atoms with E-state index in [1.807, 2.05) is 18.2 Å². The van der Waals surface area contributed by atoms with Gasteiger partial charge in [-0.15, -0.1) is 0 Å². The van der Waals surface area contributed by atoms with Crippen molar-refractivity contribution in [1.82, 2.24) is 0 Å². The van der Waals surface area contributed by atoms with E-state index >= 15 is 0 Å². The first kappa shape index (κ1) is 13.5. The molecular weight excluding hydrogens is 259 g/mol. The standard InChI is InChI=1S/C15H15FN2S/c16-12-6-7-14(13(10-12)15(17)19)18-9-8-11-4-2-1-3-5-11/h1-7,10,18H,8-9H2,(H2,17,19). The summed E-state index contributed by atoms with van der Waals surface area (Å²) in [5.74, 6) is -0.337. The van der Waals surface area contributed by atoms with Gasteiger partial charge < -0.3 is 11.1 Å². The van der Waals surface area contributed by atoms with Crippen molar-refractivity contribution in [2.24, 2.45) is 5.73 Å². The predicted octanol–water partition coefficient (Wildman–Crippen LogP) is 3.11. The Hall–Kier alpha value is -1.94. The number of anilines is 1. The quantitative estimate of drug-likeness (QED) is 0.823. The fraction of sp³-hybridized carbons (Fsp3) is 0.133. The molecule has 0 fully saturated rings. The van der Waals surface area contributed by atoms with Crippen LogP contribution in [0.4, 0.5) is 10.1 Å². The van der Waals surface area contributed by atoms with E-state index in [9.17, 15) is 4.39 Å². The van der Waals surface area contributed by atoms with Gasteiger partial charge in [-0.1, -0.05) is 42.5 Å². The molecule has 0 heterocycles. The number of nitrogens with one attached hydrogen (secondary N) is 1. The average molecular weight is 274 g/mol. The molecule has 0 radical (unpaired) electrons. The smallest absolute Gasteiger partial charge is 0.124 e. The molecule has 0 bridgehead atoms. The second kappa shape index (κ2) is 6.29. The van der Waals surface area contributed by atoms with E-state index in [1.165, 1.54) is 17.7 Å². The number of hydrogen-bond donors (Lipinski definition) is 2. The molecule has 3 N–H and O–H groups in total. The molecule has 2 aromatic carbocycles. The van der Waals surface area contributed by atoms with Crippen LogP contribution in [0, 0.1) is 5.82 Å². The highest BCUT2D eigenvalue weighted by atomic mass is 32.1. The molecule has 0 spiro atoms. The number of nitrogens with two attached hydrogens (primary N) is 1. The lowest BCUT2D eigenvalue weighted by Gasteiger charge is -2.11. The Balaban J connectivity index is 2.02. The van der Waals surface area contributed by atoms with Crippen LogP contribution < -0.4 is 11.1 Å². The Bertz CT molecular complexity index is 570. The molecule has 4 heteroatoms. The molecule has 0 aliphatic heterocycles. The largest absolute Gasteiger partial charge is 0.389 e. The maximum absolute atomic E-state index is 13.2. The molecule has 0 amide bonds. The summed E-state index contributed by atoms with van der Waals surface area (Å²) in [6, 6.07) is 14.6. The molecule has 0 unspecified atom stereocenters. The number of benzene rings is 2. The Kier molecular flexibility index (Phi) is 4.47. The summed E-state index contributed by atoms with van der Waals surface area (Å²) in [6.45, 7) is 0.741. The van der Waals surface area contributed by atoms with Gasteiger partial charge in [-0.3, -0.25) is 0 Å². The van der Waals surface area contributed by atoms with Gasteiger partial charge in [0.2, 0.25) is 0 Å². The number of thiocarbonyl (C=S) groups is 1. The van der Waals surface area contributed by atoms with Crippen molar-refractivity contribution in [1.29, 1.82) is 0 Å². The molecule has 19 heavy (non-hydrogen) atoms. The monoisotopic (exact) mass is 274 g/mol. The third kappa shape index (κ3) is 3.76. The summed E-state index contributed by atoms with van der Waals surface area (Å²) in [7, 11) is 0. The van der Waals surface area contributed by atoms with Gasteiger partial charge >= 0.3 is 0 Å². The van der Waals surface area contributed by atoms with Crippen molar-refractivity contribution in [2.45, 2.75) is 6.42 Å². The van der Waals surface area contributed by atoms with Crippen LogP contribution in [0.1, 0.15) is 11.1 Å². The Morgan fingerprint density at radius 3 is 2.58 bits per heavy atom. The molecule has 2 aromatic rings. The van der Waals surface area contributed by atoms with Crippen molar-refractivity contribution in [3.63, 3.8) is 0 Å². The van der Waals surface area contributed by atoms with E-state index in [0.717, 1.165) is 18.7 Å². The van der Waals surface area contributed by atoms with Crippen molar-refractivity contribution < 1.29 is 4.39 Å². The minimum absolute atomic E-state index is 0.196. The third-order valence-corrected chi connectivity index (χ3v) is 3.04. The zero-order valence-corrected chi connectivity index (χ0v) is 11.2. The first-order valence-corrected chi connectivity index (χ1v) is 6.45. The van der Waals surface area contributed by atoms with Gasteiger partial charge in [0.15, 0.2) is 0 Å². The van der Waals surface area contributed by atoms with Gasteiger partial charge in [0.25, 0.3) is 0 Å². The number of rotatable bonds is 5. The second-order valence-corrected chi connectivity index (χ2v) is 4.66. The van der Waals surface area contributed by atoms with Gasteiger partial charge in [0.05, 0.1) is 0 Å². The number of hydrogen-bond acceptors (Lipinski definition) is 2. The van der Waals surface area contributed by atoms with Gasteiger partial charge in [-0.25, -0.2) is 4.39 Å². The van der Waals surface area contributed by atoms with Crippen molar-refractivity contribution >= 4 is 22.9 Å². The molecule has 0 aliphatic rings. The van der Waals surface area contributed by atoms with Gasteiger partial charge in [0, 0.05) is 17.8 Å². The zero-order valence-electron chi connectivity index (χ0n) is 10.4. The third-order valence-electron chi connectivity index (χ3n) is 2.82. The van der Waals surface area contributed by atoms with E-state index in [-0.39, 0.29) is 10.8 Å². The fourth-order valence-corrected chi connectivity index (χ4v) is 2.03. The SMILES string of the molecule is NC(=S)c1cc(F)ccc1NCCc1ccccc1. The Morgan fingerprint density at radius 1 is 1.16 bits per heavy atom. The van der Waals surface area contributed by atoms with Crippen molar-refractivity contribution in [3.8, 4) is 0 Å². The van der Waals surface area contributed by atoms with Crippen LogP contribution in [0.2, 0.25) is 0 Å². The topological polar surface area (TPSA) is 38.0 Å². The molecule has 0 saturated heterocycles. The van der Waals surface area contributed by atoms with E-state index in [0.29, 0.717) is 5.56 Å². The second-order valence-electron chi connectivity index (χ2n) is 4.22. The molecule has 2 nitrogen and oxygen atoms in total. The maximum Gasteiger partial charge on any atom is 0.124 e. The minimum Gasteiger partial charge on any atom is -0.389 e. The van der Waals surface area contributed by atoms with Crippen LogP contribution in [-0.2, 0) is 6.42 Å². The van der Waals surface area contributed by atoms with Gasteiger partial charge in [-0.2, -0.15) is 0 Å². The van der Waals surface area contributed by atoms with Crippen LogP contribution in [0.15, 0.2) is 48.5 Å². The molecule has 98 valence electrons. The van der Waals surface area contributed by atoms with E-state index in [1.54, 1.807) is 6.07 Å². The molecule has 0 aliphatic carbocycles. The molecule has 0 atom stereocenters. The van der Waals surface area contributed by atoms with Crippen molar-refractivity contribution in [3.05, 3.63) is 65.5 Å². The van der Waals surface area contributed by atoms with Crippen LogP contribution in [0.25, 0.3) is 0 Å². The normalized spacial score (nSPS) is 10.2. The highest BCUT2D eigenvalue weighted by Crippen LogP contribution is 2.17. The summed E-state index contributed by atoms with van der Waals surface area (Å²) >= 11 is 4.92. The highest BCUT2D eigenvalue weighted by molar-refractivity contribution is 7.80. The number of halogens is 1. The molecular formula is C15H15FN2S. The van der Waals surface area contributed by atoms with Gasteiger partial charge in [0.1, 0.15) is 10.8 Å². The lowest BCUT2D eigenvalue weighted by molar-refractivity contribution is 0.627. The summed E-state index contributed by atoms with van der Waals surface area (Å²) in [5.41, 5.74) is 8.15. The minimum atomic E-state index is -0.337. The van der Waals surface area contributed by atoms with Crippen molar-refractivity contribution in [2.75, 3.05) is 11.9 Å².